The number of aromatic nitrogens is 2. The average molecular weight is 479 g/mol. The number of nitrogens with zero attached hydrogens (tertiary/aromatic N) is 4. The number of ether oxygens (including phenoxy) is 1. The number of rotatable bonds is 9. The topological polar surface area (TPSA) is 84.7 Å². The van der Waals surface area contributed by atoms with Crippen LogP contribution in [0.15, 0.2) is 72.1 Å². The lowest BCUT2D eigenvalue weighted by atomic mass is 10.1. The van der Waals surface area contributed by atoms with Crippen LogP contribution in [0.3, 0.4) is 0 Å². The Bertz CT molecular complexity index is 1160. The number of thioether (sulfide) groups is 1. The molecule has 1 aromatic heterocycles. The zero-order valence-corrected chi connectivity index (χ0v) is 19.9. The van der Waals surface area contributed by atoms with Gasteiger partial charge in [0.15, 0.2) is 5.16 Å². The van der Waals surface area contributed by atoms with Crippen molar-refractivity contribution >= 4 is 35.2 Å². The second-order valence-electron chi connectivity index (χ2n) is 7.83. The van der Waals surface area contributed by atoms with Crippen LogP contribution >= 0.6 is 11.8 Å². The summed E-state index contributed by atoms with van der Waals surface area (Å²) < 4.78 is 7.28. The smallest absolute Gasteiger partial charge is 0.257 e. The summed E-state index contributed by atoms with van der Waals surface area (Å²) in [5, 5.41) is 0.706. The van der Waals surface area contributed by atoms with E-state index < -0.39 is 11.9 Å². The largest absolute Gasteiger partial charge is 0.494 e. The maximum atomic E-state index is 13.4. The Hall–Kier alpha value is -3.59. The highest BCUT2D eigenvalue weighted by molar-refractivity contribution is 7.99. The number of benzene rings is 2. The Morgan fingerprint density at radius 2 is 1.88 bits per heavy atom. The molecule has 1 fully saturated rings. The number of imidazole rings is 1. The standard InChI is InChI=1S/C25H26N4O4S/c1-3-33-20-11-9-19(10-12-20)29-22(30)15-21(24(29)32)28(16-18-7-5-4-6-8-18)23(31)17-34-25-26-13-14-27(25)2/h4-14,21H,3,15-17H2,1-2H3. The fourth-order valence-corrected chi connectivity index (χ4v) is 4.66. The van der Waals surface area contributed by atoms with Crippen LogP contribution < -0.4 is 9.64 Å². The molecule has 176 valence electrons. The van der Waals surface area contributed by atoms with E-state index in [1.165, 1.54) is 16.7 Å². The first-order valence-electron chi connectivity index (χ1n) is 11.0. The van der Waals surface area contributed by atoms with Crippen LogP contribution in [-0.2, 0) is 28.0 Å². The lowest BCUT2D eigenvalue weighted by molar-refractivity contribution is -0.136. The molecule has 0 aliphatic carbocycles. The third kappa shape index (κ3) is 5.14. The molecule has 1 unspecified atom stereocenters. The van der Waals surface area contributed by atoms with E-state index in [1.54, 1.807) is 30.5 Å². The van der Waals surface area contributed by atoms with Crippen molar-refractivity contribution in [3.05, 3.63) is 72.6 Å². The van der Waals surface area contributed by atoms with Crippen LogP contribution in [0.25, 0.3) is 0 Å². The summed E-state index contributed by atoms with van der Waals surface area (Å²) in [7, 11) is 1.86. The number of carbonyl (C=O) groups excluding carboxylic acids is 3. The van der Waals surface area contributed by atoms with E-state index in [0.29, 0.717) is 23.2 Å². The zero-order valence-electron chi connectivity index (χ0n) is 19.1. The molecule has 0 radical (unpaired) electrons. The minimum atomic E-state index is -0.867. The van der Waals surface area contributed by atoms with Gasteiger partial charge >= 0.3 is 0 Å². The number of anilines is 1. The predicted molar refractivity (Wildman–Crippen MR) is 129 cm³/mol. The van der Waals surface area contributed by atoms with Crippen LogP contribution in [0.2, 0.25) is 0 Å². The van der Waals surface area contributed by atoms with Crippen LogP contribution in [0.5, 0.6) is 5.75 Å². The lowest BCUT2D eigenvalue weighted by Crippen LogP contribution is -2.45. The van der Waals surface area contributed by atoms with Crippen molar-refractivity contribution in [2.45, 2.75) is 31.1 Å². The molecule has 3 amide bonds. The minimum Gasteiger partial charge on any atom is -0.494 e. The second kappa shape index (κ2) is 10.6. The predicted octanol–water partition coefficient (Wildman–Crippen LogP) is 3.27. The molecule has 1 aliphatic rings. The van der Waals surface area contributed by atoms with Gasteiger partial charge in [-0.1, -0.05) is 42.1 Å². The van der Waals surface area contributed by atoms with Gasteiger partial charge in [-0.15, -0.1) is 0 Å². The van der Waals surface area contributed by atoms with E-state index in [0.717, 1.165) is 10.5 Å². The minimum absolute atomic E-state index is 0.0578. The molecule has 1 atom stereocenters. The van der Waals surface area contributed by atoms with Crippen LogP contribution in [0.1, 0.15) is 18.9 Å². The summed E-state index contributed by atoms with van der Waals surface area (Å²) in [5.41, 5.74) is 1.35. The summed E-state index contributed by atoms with van der Waals surface area (Å²) in [6.45, 7) is 2.65. The first kappa shape index (κ1) is 23.6. The lowest BCUT2D eigenvalue weighted by Gasteiger charge is -2.27. The van der Waals surface area contributed by atoms with Gasteiger partial charge in [-0.2, -0.15) is 0 Å². The van der Waals surface area contributed by atoms with E-state index in [-0.39, 0.29) is 30.5 Å². The van der Waals surface area contributed by atoms with E-state index in [4.69, 9.17) is 4.74 Å². The van der Waals surface area contributed by atoms with Crippen LogP contribution in [0, 0.1) is 0 Å². The van der Waals surface area contributed by atoms with Gasteiger partial charge in [0, 0.05) is 26.0 Å². The van der Waals surface area contributed by atoms with Crippen molar-refractivity contribution in [3.63, 3.8) is 0 Å². The van der Waals surface area contributed by atoms with E-state index >= 15 is 0 Å². The Morgan fingerprint density at radius 1 is 1.15 bits per heavy atom. The number of aryl methyl sites for hydroxylation is 1. The van der Waals surface area contributed by atoms with Crippen molar-refractivity contribution in [1.82, 2.24) is 14.5 Å². The first-order valence-corrected chi connectivity index (χ1v) is 12.0. The fourth-order valence-electron chi connectivity index (χ4n) is 3.84. The van der Waals surface area contributed by atoms with Gasteiger partial charge in [0.05, 0.1) is 24.5 Å². The molecule has 9 heteroatoms. The summed E-state index contributed by atoms with van der Waals surface area (Å²) >= 11 is 1.30. The molecule has 2 heterocycles. The van der Waals surface area contributed by atoms with Crippen molar-refractivity contribution in [3.8, 4) is 5.75 Å². The highest BCUT2D eigenvalue weighted by atomic mass is 32.2. The fraction of sp³-hybridized carbons (Fsp3) is 0.280. The van der Waals surface area contributed by atoms with Gasteiger partial charge in [-0.05, 0) is 36.8 Å². The van der Waals surface area contributed by atoms with Crippen molar-refractivity contribution in [2.24, 2.45) is 7.05 Å². The summed E-state index contributed by atoms with van der Waals surface area (Å²) in [6, 6.07) is 15.4. The van der Waals surface area contributed by atoms with Gasteiger partial charge < -0.3 is 14.2 Å². The Kier molecular flexibility index (Phi) is 7.32. The highest BCUT2D eigenvalue weighted by Gasteiger charge is 2.44. The molecule has 0 N–H and O–H groups in total. The highest BCUT2D eigenvalue weighted by Crippen LogP contribution is 2.29. The number of imide groups is 1. The third-order valence-electron chi connectivity index (χ3n) is 5.52. The first-order chi connectivity index (χ1) is 16.5. The molecule has 0 saturated carbocycles. The maximum absolute atomic E-state index is 13.4. The SMILES string of the molecule is CCOc1ccc(N2C(=O)CC(N(Cc3ccccc3)C(=O)CSc3nccn3C)C2=O)cc1. The molecule has 8 nitrogen and oxygen atoms in total. The second-order valence-corrected chi connectivity index (χ2v) is 8.77. The number of hydrogen-bond donors (Lipinski definition) is 0. The molecular weight excluding hydrogens is 452 g/mol. The van der Waals surface area contributed by atoms with Crippen LogP contribution in [-0.4, -0.2) is 50.6 Å². The molecule has 4 rings (SSSR count). The molecule has 0 spiro atoms. The Labute approximate surface area is 202 Å². The Morgan fingerprint density at radius 3 is 2.53 bits per heavy atom. The van der Waals surface area contributed by atoms with Gasteiger partial charge in [0.1, 0.15) is 11.8 Å². The number of hydrogen-bond acceptors (Lipinski definition) is 6. The van der Waals surface area contributed by atoms with Crippen LogP contribution in [0.4, 0.5) is 5.69 Å². The van der Waals surface area contributed by atoms with Crippen molar-refractivity contribution < 1.29 is 19.1 Å². The van der Waals surface area contributed by atoms with Crippen molar-refractivity contribution in [2.75, 3.05) is 17.3 Å². The van der Waals surface area contributed by atoms with Gasteiger partial charge in [0.2, 0.25) is 11.8 Å². The molecule has 1 saturated heterocycles. The molecule has 2 aromatic carbocycles. The van der Waals surface area contributed by atoms with E-state index in [9.17, 15) is 14.4 Å². The maximum Gasteiger partial charge on any atom is 0.257 e. The molecule has 3 aromatic rings. The van der Waals surface area contributed by atoms with Gasteiger partial charge in [-0.3, -0.25) is 14.4 Å². The van der Waals surface area contributed by atoms with Gasteiger partial charge in [0.25, 0.3) is 5.91 Å². The third-order valence-corrected chi connectivity index (χ3v) is 6.57. The molecule has 1 aliphatic heterocycles. The quantitative estimate of drug-likeness (QED) is 0.347. The summed E-state index contributed by atoms with van der Waals surface area (Å²) in [4.78, 5) is 46.5. The number of carbonyl (C=O) groups is 3. The Balaban J connectivity index is 1.56. The molecule has 0 bridgehead atoms. The monoisotopic (exact) mass is 478 g/mol. The average Bonchev–Trinajstić information content (AvgIpc) is 3.39. The number of amides is 3. The van der Waals surface area contributed by atoms with E-state index in [2.05, 4.69) is 4.98 Å². The summed E-state index contributed by atoms with van der Waals surface area (Å²) in [5.74, 6) is -0.188. The van der Waals surface area contributed by atoms with Gasteiger partial charge in [-0.25, -0.2) is 9.88 Å². The normalized spacial score (nSPS) is 15.6. The van der Waals surface area contributed by atoms with E-state index in [1.807, 2.05) is 55.1 Å². The molecular formula is C25H26N4O4S. The van der Waals surface area contributed by atoms with Crippen molar-refractivity contribution in [1.29, 1.82) is 0 Å². The zero-order chi connectivity index (χ0) is 24.1. The summed E-state index contributed by atoms with van der Waals surface area (Å²) in [6.07, 6.45) is 3.42. The molecule has 34 heavy (non-hydrogen) atoms.